The minimum absolute atomic E-state index is 0.609. The summed E-state index contributed by atoms with van der Waals surface area (Å²) in [7, 11) is 0. The number of nitrogens with zero attached hydrogens (tertiary/aromatic N) is 3. The first kappa shape index (κ1) is 10.2. The van der Waals surface area contributed by atoms with Crippen LogP contribution < -0.4 is 4.90 Å². The first-order chi connectivity index (χ1) is 6.77. The molecule has 78 valence electrons. The Labute approximate surface area is 93.1 Å². The van der Waals surface area contributed by atoms with Gasteiger partial charge in [0.2, 0.25) is 5.13 Å². The van der Waals surface area contributed by atoms with Gasteiger partial charge in [0.05, 0.1) is 0 Å². The molecular formula is C9H15N3S2. The van der Waals surface area contributed by atoms with Gasteiger partial charge in [-0.1, -0.05) is 0 Å². The number of hydrogen-bond donors (Lipinski definition) is 0. The molecule has 0 N–H and O–H groups in total. The summed E-state index contributed by atoms with van der Waals surface area (Å²) >= 11 is 3.56. The molecule has 2 heterocycles. The van der Waals surface area contributed by atoms with Gasteiger partial charge in [-0.05, 0) is 26.0 Å². The summed E-state index contributed by atoms with van der Waals surface area (Å²) in [6.45, 7) is 5.35. The second-order valence-corrected chi connectivity index (χ2v) is 5.52. The Morgan fingerprint density at radius 1 is 1.43 bits per heavy atom. The van der Waals surface area contributed by atoms with Crippen molar-refractivity contribution in [2.75, 3.05) is 23.0 Å². The largest absolute Gasteiger partial charge is 0.343 e. The number of aryl methyl sites for hydroxylation is 1. The van der Waals surface area contributed by atoms with Gasteiger partial charge in [0.25, 0.3) is 0 Å². The lowest BCUT2D eigenvalue weighted by Gasteiger charge is -2.25. The van der Waals surface area contributed by atoms with Gasteiger partial charge in [0.15, 0.2) is 0 Å². The van der Waals surface area contributed by atoms with Crippen LogP contribution in [0.3, 0.4) is 0 Å². The molecule has 0 radical (unpaired) electrons. The summed E-state index contributed by atoms with van der Waals surface area (Å²) in [5.74, 6) is 3.38. The van der Waals surface area contributed by atoms with E-state index in [0.717, 1.165) is 17.5 Å². The molecule has 14 heavy (non-hydrogen) atoms. The van der Waals surface area contributed by atoms with Crippen LogP contribution in [0.15, 0.2) is 0 Å². The van der Waals surface area contributed by atoms with Crippen LogP contribution in [0.2, 0.25) is 0 Å². The van der Waals surface area contributed by atoms with Crippen molar-refractivity contribution in [3.63, 3.8) is 0 Å². The van der Waals surface area contributed by atoms with Crippen molar-refractivity contribution in [3.8, 4) is 0 Å². The Morgan fingerprint density at radius 3 is 3.00 bits per heavy atom. The highest BCUT2D eigenvalue weighted by molar-refractivity contribution is 7.99. The van der Waals surface area contributed by atoms with E-state index in [1.54, 1.807) is 0 Å². The van der Waals surface area contributed by atoms with Crippen molar-refractivity contribution in [1.29, 1.82) is 0 Å². The average Bonchev–Trinajstić information content (AvgIpc) is 2.46. The summed E-state index contributed by atoms with van der Waals surface area (Å²) in [6.07, 6.45) is 1.25. The Hall–Kier alpha value is -0.290. The van der Waals surface area contributed by atoms with E-state index in [-0.39, 0.29) is 0 Å². The van der Waals surface area contributed by atoms with Gasteiger partial charge in [-0.3, -0.25) is 0 Å². The molecule has 1 fully saturated rings. The van der Waals surface area contributed by atoms with Crippen molar-refractivity contribution >= 4 is 28.4 Å². The Balaban J connectivity index is 2.14. The van der Waals surface area contributed by atoms with E-state index in [9.17, 15) is 0 Å². The molecule has 1 saturated heterocycles. The van der Waals surface area contributed by atoms with E-state index in [0.29, 0.717) is 6.04 Å². The molecule has 3 nitrogen and oxygen atoms in total. The number of thioether (sulfide) groups is 1. The highest BCUT2D eigenvalue weighted by atomic mass is 32.2. The van der Waals surface area contributed by atoms with Gasteiger partial charge in [-0.25, -0.2) is 4.98 Å². The summed E-state index contributed by atoms with van der Waals surface area (Å²) in [5.41, 5.74) is 0. The fraction of sp³-hybridized carbons (Fsp3) is 0.778. The summed E-state index contributed by atoms with van der Waals surface area (Å²) in [6, 6.07) is 0.609. The third-order valence-corrected chi connectivity index (χ3v) is 4.29. The van der Waals surface area contributed by atoms with Crippen molar-refractivity contribution < 1.29 is 0 Å². The number of hydrogen-bond acceptors (Lipinski definition) is 5. The van der Waals surface area contributed by atoms with Crippen molar-refractivity contribution in [2.24, 2.45) is 0 Å². The van der Waals surface area contributed by atoms with E-state index in [1.165, 1.54) is 29.5 Å². The number of aromatic nitrogens is 2. The van der Waals surface area contributed by atoms with Crippen molar-refractivity contribution in [3.05, 3.63) is 5.82 Å². The van der Waals surface area contributed by atoms with Crippen LogP contribution in [0.1, 0.15) is 19.2 Å². The van der Waals surface area contributed by atoms with E-state index in [4.69, 9.17) is 0 Å². The van der Waals surface area contributed by atoms with Gasteiger partial charge in [-0.2, -0.15) is 16.1 Å². The van der Waals surface area contributed by atoms with Gasteiger partial charge >= 0.3 is 0 Å². The molecule has 0 bridgehead atoms. The molecule has 0 aromatic carbocycles. The third kappa shape index (κ3) is 2.20. The van der Waals surface area contributed by atoms with Crippen LogP contribution in [0.4, 0.5) is 5.13 Å². The predicted molar refractivity (Wildman–Crippen MR) is 63.4 cm³/mol. The fourth-order valence-electron chi connectivity index (χ4n) is 1.58. The van der Waals surface area contributed by atoms with Crippen LogP contribution in [-0.2, 0) is 0 Å². The second-order valence-electron chi connectivity index (χ2n) is 3.57. The minimum Gasteiger partial charge on any atom is -0.343 e. The summed E-state index contributed by atoms with van der Waals surface area (Å²) < 4.78 is 4.24. The smallest absolute Gasteiger partial charge is 0.205 e. The van der Waals surface area contributed by atoms with Crippen molar-refractivity contribution in [2.45, 2.75) is 26.3 Å². The maximum Gasteiger partial charge on any atom is 0.205 e. The second kappa shape index (κ2) is 4.49. The molecule has 1 aromatic rings. The molecule has 5 heteroatoms. The molecule has 0 aliphatic carbocycles. The third-order valence-electron chi connectivity index (χ3n) is 2.45. The van der Waals surface area contributed by atoms with Crippen LogP contribution in [0, 0.1) is 6.92 Å². The topological polar surface area (TPSA) is 29.0 Å². The standard InChI is InChI=1S/C9H15N3S2/c1-7-3-5-13-6-4-12(7)9-10-8(2)11-14-9/h7H,3-6H2,1-2H3. The normalized spacial score (nSPS) is 23.6. The van der Waals surface area contributed by atoms with E-state index in [2.05, 4.69) is 21.2 Å². The van der Waals surface area contributed by atoms with Crippen LogP contribution >= 0.6 is 23.3 Å². The van der Waals surface area contributed by atoms with E-state index >= 15 is 0 Å². The average molecular weight is 229 g/mol. The maximum atomic E-state index is 4.45. The monoisotopic (exact) mass is 229 g/mol. The Morgan fingerprint density at radius 2 is 2.29 bits per heavy atom. The Kier molecular flexibility index (Phi) is 3.28. The number of anilines is 1. The molecule has 0 amide bonds. The quantitative estimate of drug-likeness (QED) is 0.738. The first-order valence-electron chi connectivity index (χ1n) is 4.92. The van der Waals surface area contributed by atoms with Crippen LogP contribution in [0.5, 0.6) is 0 Å². The zero-order valence-corrected chi connectivity index (χ0v) is 10.2. The van der Waals surface area contributed by atoms with Gasteiger partial charge in [0.1, 0.15) is 5.82 Å². The lowest BCUT2D eigenvalue weighted by molar-refractivity contribution is 0.643. The van der Waals surface area contributed by atoms with Gasteiger partial charge in [0, 0.05) is 29.9 Å². The predicted octanol–water partition coefficient (Wildman–Crippen LogP) is 2.18. The molecule has 2 rings (SSSR count). The minimum atomic E-state index is 0.609. The molecule has 1 atom stereocenters. The summed E-state index contributed by atoms with van der Waals surface area (Å²) in [4.78, 5) is 6.84. The maximum absolute atomic E-state index is 4.45. The number of rotatable bonds is 1. The van der Waals surface area contributed by atoms with Crippen LogP contribution in [0.25, 0.3) is 0 Å². The van der Waals surface area contributed by atoms with Gasteiger partial charge < -0.3 is 4.90 Å². The van der Waals surface area contributed by atoms with Gasteiger partial charge in [-0.15, -0.1) is 0 Å². The highest BCUT2D eigenvalue weighted by Crippen LogP contribution is 2.24. The lowest BCUT2D eigenvalue weighted by atomic mass is 10.2. The van der Waals surface area contributed by atoms with E-state index in [1.807, 2.05) is 18.7 Å². The molecule has 1 aliphatic heterocycles. The first-order valence-corrected chi connectivity index (χ1v) is 6.85. The molecule has 1 unspecified atom stereocenters. The van der Waals surface area contributed by atoms with Crippen molar-refractivity contribution in [1.82, 2.24) is 9.36 Å². The zero-order chi connectivity index (χ0) is 9.97. The molecule has 0 spiro atoms. The molecule has 1 aromatic heterocycles. The SMILES string of the molecule is Cc1nsc(N2CCSCCC2C)n1. The lowest BCUT2D eigenvalue weighted by Crippen LogP contribution is -2.33. The molecule has 1 aliphatic rings. The summed E-state index contributed by atoms with van der Waals surface area (Å²) in [5, 5.41) is 1.09. The Bertz CT molecular complexity index is 300. The zero-order valence-electron chi connectivity index (χ0n) is 8.56. The molecule has 0 saturated carbocycles. The fourth-order valence-corrected chi connectivity index (χ4v) is 3.42. The molecular weight excluding hydrogens is 214 g/mol. The van der Waals surface area contributed by atoms with E-state index < -0.39 is 0 Å². The van der Waals surface area contributed by atoms with Crippen LogP contribution in [-0.4, -0.2) is 33.4 Å². The highest BCUT2D eigenvalue weighted by Gasteiger charge is 2.19.